The molecule has 7 heteroatoms. The first-order valence-electron chi connectivity index (χ1n) is 7.19. The molecule has 2 atom stereocenters. The van der Waals surface area contributed by atoms with Gasteiger partial charge in [0.2, 0.25) is 0 Å². The Morgan fingerprint density at radius 1 is 1.18 bits per heavy atom. The van der Waals surface area contributed by atoms with Gasteiger partial charge in [0.15, 0.2) is 17.2 Å². The fourth-order valence-corrected chi connectivity index (χ4v) is 3.16. The summed E-state index contributed by atoms with van der Waals surface area (Å²) in [6, 6.07) is 2.96. The molecule has 2 unspecified atom stereocenters. The summed E-state index contributed by atoms with van der Waals surface area (Å²) in [5.74, 6) is -2.63. The van der Waals surface area contributed by atoms with Crippen LogP contribution in [0.15, 0.2) is 17.3 Å². The third-order valence-corrected chi connectivity index (χ3v) is 4.49. The molecule has 7 nitrogen and oxygen atoms in total. The van der Waals surface area contributed by atoms with Crippen molar-refractivity contribution in [3.05, 3.63) is 17.7 Å². The zero-order valence-electron chi connectivity index (χ0n) is 12.2. The van der Waals surface area contributed by atoms with E-state index in [4.69, 9.17) is 4.84 Å². The van der Waals surface area contributed by atoms with Gasteiger partial charge in [-0.25, -0.2) is 4.79 Å². The lowest BCUT2D eigenvalue weighted by atomic mass is 10.0. The third-order valence-electron chi connectivity index (χ3n) is 4.49. The summed E-state index contributed by atoms with van der Waals surface area (Å²) >= 11 is 0. The lowest BCUT2D eigenvalue weighted by Crippen LogP contribution is -2.40. The minimum atomic E-state index is -0.788. The van der Waals surface area contributed by atoms with Crippen molar-refractivity contribution in [2.45, 2.75) is 37.8 Å². The number of aromatic hydroxyl groups is 3. The van der Waals surface area contributed by atoms with Crippen molar-refractivity contribution in [2.75, 3.05) is 7.05 Å². The second-order valence-corrected chi connectivity index (χ2v) is 5.86. The van der Waals surface area contributed by atoms with Crippen LogP contribution in [0.4, 0.5) is 0 Å². The number of carbonyl (C=O) groups excluding carboxylic acids is 1. The van der Waals surface area contributed by atoms with Crippen LogP contribution in [-0.2, 0) is 4.84 Å². The average molecular weight is 306 g/mol. The molecule has 0 aliphatic carbocycles. The van der Waals surface area contributed by atoms with Crippen LogP contribution >= 0.6 is 0 Å². The largest absolute Gasteiger partial charge is 0.504 e. The van der Waals surface area contributed by atoms with Gasteiger partial charge in [-0.1, -0.05) is 5.16 Å². The molecule has 22 heavy (non-hydrogen) atoms. The number of hydrogen-bond acceptors (Lipinski definition) is 7. The van der Waals surface area contributed by atoms with Gasteiger partial charge in [0.25, 0.3) is 0 Å². The minimum Gasteiger partial charge on any atom is -0.504 e. The van der Waals surface area contributed by atoms with Crippen LogP contribution in [0.5, 0.6) is 17.2 Å². The first-order chi connectivity index (χ1) is 10.5. The highest BCUT2D eigenvalue weighted by atomic mass is 16.7. The van der Waals surface area contributed by atoms with Crippen LogP contribution in [0.1, 0.15) is 36.0 Å². The van der Waals surface area contributed by atoms with E-state index in [1.165, 1.54) is 0 Å². The Balaban J connectivity index is 1.69. The Kier molecular flexibility index (Phi) is 3.66. The van der Waals surface area contributed by atoms with Gasteiger partial charge in [0, 0.05) is 24.9 Å². The van der Waals surface area contributed by atoms with E-state index in [1.54, 1.807) is 0 Å². The van der Waals surface area contributed by atoms with E-state index in [9.17, 15) is 20.1 Å². The molecule has 0 saturated carbocycles. The monoisotopic (exact) mass is 306 g/mol. The molecule has 2 heterocycles. The van der Waals surface area contributed by atoms with Crippen molar-refractivity contribution < 1.29 is 25.0 Å². The zero-order chi connectivity index (χ0) is 15.9. The lowest BCUT2D eigenvalue weighted by Gasteiger charge is -2.31. The molecule has 118 valence electrons. The highest BCUT2D eigenvalue weighted by Crippen LogP contribution is 2.36. The van der Waals surface area contributed by atoms with Crippen molar-refractivity contribution in [3.63, 3.8) is 0 Å². The summed E-state index contributed by atoms with van der Waals surface area (Å²) in [4.78, 5) is 19.2. The van der Waals surface area contributed by atoms with Gasteiger partial charge in [-0.2, -0.15) is 0 Å². The number of phenols is 3. The fourth-order valence-electron chi connectivity index (χ4n) is 3.16. The third kappa shape index (κ3) is 2.59. The quantitative estimate of drug-likeness (QED) is 0.435. The topological polar surface area (TPSA) is 103 Å². The zero-order valence-corrected chi connectivity index (χ0v) is 12.2. The number of piperidine rings is 1. The molecule has 0 radical (unpaired) electrons. The highest BCUT2D eigenvalue weighted by molar-refractivity contribution is 5.92. The second kappa shape index (κ2) is 5.49. The van der Waals surface area contributed by atoms with E-state index < -0.39 is 23.2 Å². The Labute approximate surface area is 127 Å². The van der Waals surface area contributed by atoms with Crippen LogP contribution in [0, 0.1) is 0 Å². The van der Waals surface area contributed by atoms with E-state index in [0.29, 0.717) is 12.1 Å². The van der Waals surface area contributed by atoms with Crippen LogP contribution in [0.2, 0.25) is 0 Å². The van der Waals surface area contributed by atoms with Crippen LogP contribution in [0.3, 0.4) is 0 Å². The minimum absolute atomic E-state index is 0.0759. The van der Waals surface area contributed by atoms with Gasteiger partial charge in [-0.15, -0.1) is 0 Å². The van der Waals surface area contributed by atoms with Crippen molar-refractivity contribution in [2.24, 2.45) is 5.16 Å². The number of oxime groups is 1. The summed E-state index contributed by atoms with van der Waals surface area (Å²) in [7, 11) is 2.10. The van der Waals surface area contributed by atoms with Gasteiger partial charge in [-0.3, -0.25) is 4.90 Å². The van der Waals surface area contributed by atoms with Crippen molar-refractivity contribution in [3.8, 4) is 17.2 Å². The SMILES string of the molecule is CN1C2CCC1CC(=NOC(=O)c1cc(O)c(O)c(O)c1)C2. The maximum absolute atomic E-state index is 11.9. The molecule has 1 aromatic carbocycles. The summed E-state index contributed by atoms with van der Waals surface area (Å²) < 4.78 is 0. The van der Waals surface area contributed by atoms with E-state index in [-0.39, 0.29) is 5.56 Å². The normalized spacial score (nSPS) is 24.3. The molecule has 1 aromatic rings. The summed E-state index contributed by atoms with van der Waals surface area (Å²) in [5.41, 5.74) is 0.777. The van der Waals surface area contributed by atoms with Gasteiger partial charge in [-0.05, 0) is 32.0 Å². The van der Waals surface area contributed by atoms with E-state index >= 15 is 0 Å². The molecule has 0 spiro atoms. The molecule has 2 aliphatic rings. The number of nitrogens with zero attached hydrogens (tertiary/aromatic N) is 2. The molecule has 3 N–H and O–H groups in total. The highest BCUT2D eigenvalue weighted by Gasteiger charge is 2.37. The van der Waals surface area contributed by atoms with Crippen LogP contribution in [0.25, 0.3) is 0 Å². The molecule has 3 rings (SSSR count). The Bertz CT molecular complexity index is 604. The Hall–Kier alpha value is -2.28. The standard InChI is InChI=1S/C15H18N2O5/c1-17-10-2-3-11(17)7-9(6-10)16-22-15(21)8-4-12(18)14(20)13(19)5-8/h4-5,10-11,18-20H,2-3,6-7H2,1H3. The number of benzene rings is 1. The van der Waals surface area contributed by atoms with Crippen LogP contribution in [-0.4, -0.2) is 51.0 Å². The second-order valence-electron chi connectivity index (χ2n) is 5.86. The molecule has 0 aromatic heterocycles. The first kappa shape index (κ1) is 14.6. The lowest BCUT2D eigenvalue weighted by molar-refractivity contribution is 0.0509. The smallest absolute Gasteiger partial charge is 0.365 e. The molecule has 2 bridgehead atoms. The van der Waals surface area contributed by atoms with Gasteiger partial charge in [0.05, 0.1) is 11.3 Å². The number of hydrogen-bond donors (Lipinski definition) is 3. The van der Waals surface area contributed by atoms with Crippen molar-refractivity contribution in [1.29, 1.82) is 0 Å². The van der Waals surface area contributed by atoms with Gasteiger partial charge >= 0.3 is 5.97 Å². The average Bonchev–Trinajstić information content (AvgIpc) is 2.72. The molecular formula is C15H18N2O5. The maximum atomic E-state index is 11.9. The summed E-state index contributed by atoms with van der Waals surface area (Å²) in [6.07, 6.45) is 3.83. The molecule has 0 amide bonds. The number of rotatable bonds is 2. The van der Waals surface area contributed by atoms with E-state index in [1.807, 2.05) is 0 Å². The molecule has 2 fully saturated rings. The Morgan fingerprint density at radius 3 is 2.27 bits per heavy atom. The summed E-state index contributed by atoms with van der Waals surface area (Å²) in [6.45, 7) is 0. The maximum Gasteiger partial charge on any atom is 0.365 e. The molecular weight excluding hydrogens is 288 g/mol. The molecule has 2 saturated heterocycles. The predicted octanol–water partition coefficient (Wildman–Crippen LogP) is 1.57. The predicted molar refractivity (Wildman–Crippen MR) is 78.1 cm³/mol. The first-order valence-corrected chi connectivity index (χ1v) is 7.19. The van der Waals surface area contributed by atoms with E-state index in [0.717, 1.165) is 43.5 Å². The number of fused-ring (bicyclic) bond motifs is 2. The van der Waals surface area contributed by atoms with Crippen molar-refractivity contribution in [1.82, 2.24) is 4.90 Å². The van der Waals surface area contributed by atoms with E-state index in [2.05, 4.69) is 17.1 Å². The Morgan fingerprint density at radius 2 is 1.73 bits per heavy atom. The molecule has 2 aliphatic heterocycles. The number of carbonyl (C=O) groups is 1. The van der Waals surface area contributed by atoms with Gasteiger partial charge in [0.1, 0.15) is 0 Å². The van der Waals surface area contributed by atoms with Crippen molar-refractivity contribution >= 4 is 11.7 Å². The van der Waals surface area contributed by atoms with Gasteiger partial charge < -0.3 is 20.2 Å². The number of phenolic OH excluding ortho intramolecular Hbond substituents is 3. The van der Waals surface area contributed by atoms with Crippen LogP contribution < -0.4 is 0 Å². The summed E-state index contributed by atoms with van der Waals surface area (Å²) in [5, 5.41) is 32.0. The fraction of sp³-hybridized carbons (Fsp3) is 0.467.